The first-order valence-corrected chi connectivity index (χ1v) is 8.66. The van der Waals surface area contributed by atoms with Crippen molar-refractivity contribution in [3.63, 3.8) is 0 Å². The average Bonchev–Trinajstić information content (AvgIpc) is 3.04. The highest BCUT2D eigenvalue weighted by molar-refractivity contribution is 5.94. The maximum absolute atomic E-state index is 13.2. The van der Waals surface area contributed by atoms with Crippen molar-refractivity contribution < 1.29 is 13.9 Å². The van der Waals surface area contributed by atoms with Gasteiger partial charge in [-0.1, -0.05) is 12.1 Å². The van der Waals surface area contributed by atoms with Gasteiger partial charge in [-0.15, -0.1) is 0 Å². The minimum atomic E-state index is -0.359. The molecular weight excluding hydrogens is 333 g/mol. The summed E-state index contributed by atoms with van der Waals surface area (Å²) in [6, 6.07) is 12.1. The van der Waals surface area contributed by atoms with Crippen LogP contribution in [0.25, 0.3) is 10.9 Å². The van der Waals surface area contributed by atoms with Crippen LogP contribution in [-0.2, 0) is 16.9 Å². The van der Waals surface area contributed by atoms with Gasteiger partial charge in [0.15, 0.2) is 0 Å². The number of esters is 1. The molecule has 1 N–H and O–H groups in total. The fraction of sp³-hybridized carbons (Fsp3) is 0.300. The predicted octanol–water partition coefficient (Wildman–Crippen LogP) is 3.59. The molecule has 0 aliphatic heterocycles. The van der Waals surface area contributed by atoms with Crippen LogP contribution in [0.15, 0.2) is 48.7 Å². The molecule has 3 aromatic rings. The summed E-state index contributed by atoms with van der Waals surface area (Å²) >= 11 is 0. The molecule has 5 nitrogen and oxygen atoms in total. The largest absolute Gasteiger partial charge is 0.465 e. The lowest BCUT2D eigenvalue weighted by Gasteiger charge is -2.43. The smallest absolute Gasteiger partial charge is 0.337 e. The molecule has 0 amide bonds. The molecule has 1 aliphatic rings. The van der Waals surface area contributed by atoms with E-state index < -0.39 is 0 Å². The second kappa shape index (κ2) is 6.53. The highest BCUT2D eigenvalue weighted by Gasteiger charge is 2.38. The maximum atomic E-state index is 13.2. The highest BCUT2D eigenvalue weighted by atomic mass is 19.1. The van der Waals surface area contributed by atoms with E-state index in [2.05, 4.69) is 10.4 Å². The Morgan fingerprint density at radius 1 is 1.27 bits per heavy atom. The van der Waals surface area contributed by atoms with Gasteiger partial charge in [0.1, 0.15) is 5.82 Å². The fourth-order valence-corrected chi connectivity index (χ4v) is 3.55. The van der Waals surface area contributed by atoms with Crippen LogP contribution in [0.1, 0.15) is 35.2 Å². The first kappa shape index (κ1) is 16.7. The number of aromatic nitrogens is 2. The summed E-state index contributed by atoms with van der Waals surface area (Å²) in [7, 11) is 1.37. The van der Waals surface area contributed by atoms with Gasteiger partial charge >= 0.3 is 5.97 Å². The van der Waals surface area contributed by atoms with Gasteiger partial charge in [0.25, 0.3) is 0 Å². The zero-order valence-electron chi connectivity index (χ0n) is 14.5. The number of nitrogens with zero attached hydrogens (tertiary/aromatic N) is 2. The molecule has 0 saturated heterocycles. The summed E-state index contributed by atoms with van der Waals surface area (Å²) in [6.45, 7) is 0.540. The van der Waals surface area contributed by atoms with Crippen LogP contribution in [0, 0.1) is 5.82 Å². The van der Waals surface area contributed by atoms with Crippen molar-refractivity contribution in [1.29, 1.82) is 0 Å². The Kier molecular flexibility index (Phi) is 4.20. The summed E-state index contributed by atoms with van der Waals surface area (Å²) in [4.78, 5) is 11.7. The zero-order chi connectivity index (χ0) is 18.1. The minimum Gasteiger partial charge on any atom is -0.465 e. The number of hydrogen-bond donors (Lipinski definition) is 1. The number of benzene rings is 2. The molecular formula is C20H20FN3O2. The number of carbonyl (C=O) groups excluding carboxylic acids is 1. The van der Waals surface area contributed by atoms with E-state index in [1.807, 2.05) is 22.9 Å². The summed E-state index contributed by atoms with van der Waals surface area (Å²) in [5, 5.41) is 8.92. The second-order valence-corrected chi connectivity index (χ2v) is 6.69. The molecule has 1 heterocycles. The summed E-state index contributed by atoms with van der Waals surface area (Å²) in [6.07, 6.45) is 4.93. The van der Waals surface area contributed by atoms with Gasteiger partial charge in [-0.3, -0.25) is 10.00 Å². The number of hydrogen-bond acceptors (Lipinski definition) is 4. The van der Waals surface area contributed by atoms with Crippen LogP contribution in [0.4, 0.5) is 4.39 Å². The van der Waals surface area contributed by atoms with Crippen molar-refractivity contribution >= 4 is 16.9 Å². The number of ether oxygens (including phenoxy) is 1. The molecule has 2 aromatic carbocycles. The fourth-order valence-electron chi connectivity index (χ4n) is 3.55. The number of nitrogens with one attached hydrogen (secondary N) is 1. The van der Waals surface area contributed by atoms with Crippen LogP contribution in [0.5, 0.6) is 0 Å². The quantitative estimate of drug-likeness (QED) is 0.712. The Bertz CT molecular complexity index is 945. The number of rotatable bonds is 5. The monoisotopic (exact) mass is 353 g/mol. The molecule has 0 radical (unpaired) electrons. The molecule has 26 heavy (non-hydrogen) atoms. The van der Waals surface area contributed by atoms with E-state index in [1.165, 1.54) is 19.2 Å². The third-order valence-electron chi connectivity index (χ3n) is 5.23. The average molecular weight is 353 g/mol. The van der Waals surface area contributed by atoms with Gasteiger partial charge in [-0.25, -0.2) is 9.18 Å². The molecule has 6 heteroatoms. The van der Waals surface area contributed by atoms with Crippen molar-refractivity contribution in [2.45, 2.75) is 31.5 Å². The van der Waals surface area contributed by atoms with Gasteiger partial charge < -0.3 is 4.74 Å². The normalized spacial score (nSPS) is 15.6. The zero-order valence-corrected chi connectivity index (χ0v) is 14.5. The van der Waals surface area contributed by atoms with E-state index in [-0.39, 0.29) is 17.3 Å². The van der Waals surface area contributed by atoms with Crippen LogP contribution in [0.3, 0.4) is 0 Å². The van der Waals surface area contributed by atoms with E-state index >= 15 is 0 Å². The van der Waals surface area contributed by atoms with Crippen molar-refractivity contribution in [3.8, 4) is 0 Å². The number of methoxy groups -OCH3 is 1. The van der Waals surface area contributed by atoms with E-state index in [0.29, 0.717) is 12.2 Å². The Morgan fingerprint density at radius 2 is 2.04 bits per heavy atom. The van der Waals surface area contributed by atoms with Crippen LogP contribution >= 0.6 is 0 Å². The summed E-state index contributed by atoms with van der Waals surface area (Å²) in [5.74, 6) is -0.579. The lowest BCUT2D eigenvalue weighted by Crippen LogP contribution is -2.48. The molecule has 134 valence electrons. The third kappa shape index (κ3) is 2.86. The Labute approximate surface area is 150 Å². The number of carbonyl (C=O) groups is 1. The van der Waals surface area contributed by atoms with Gasteiger partial charge in [0.05, 0.1) is 31.1 Å². The summed E-state index contributed by atoms with van der Waals surface area (Å²) in [5.41, 5.74) is 2.43. The number of halogens is 1. The van der Waals surface area contributed by atoms with E-state index in [9.17, 15) is 9.18 Å². The first-order valence-electron chi connectivity index (χ1n) is 8.66. The molecule has 0 unspecified atom stereocenters. The van der Waals surface area contributed by atoms with Crippen molar-refractivity contribution in [3.05, 3.63) is 65.6 Å². The van der Waals surface area contributed by atoms with Gasteiger partial charge in [0.2, 0.25) is 0 Å². The molecule has 1 aromatic heterocycles. The van der Waals surface area contributed by atoms with E-state index in [1.54, 1.807) is 18.3 Å². The topological polar surface area (TPSA) is 56.1 Å². The molecule has 0 spiro atoms. The predicted molar refractivity (Wildman–Crippen MR) is 96.1 cm³/mol. The molecule has 1 fully saturated rings. The maximum Gasteiger partial charge on any atom is 0.337 e. The van der Waals surface area contributed by atoms with Crippen molar-refractivity contribution in [2.75, 3.05) is 7.11 Å². The number of fused-ring (bicyclic) bond motifs is 1. The first-order chi connectivity index (χ1) is 12.6. The Hall–Kier alpha value is -2.73. The summed E-state index contributed by atoms with van der Waals surface area (Å²) < 4.78 is 19.9. The minimum absolute atomic E-state index is 0.127. The Balaban J connectivity index is 1.55. The molecule has 0 bridgehead atoms. The van der Waals surface area contributed by atoms with Gasteiger partial charge in [0, 0.05) is 10.9 Å². The second-order valence-electron chi connectivity index (χ2n) is 6.69. The molecule has 1 saturated carbocycles. The standard InChI is InChI=1S/C20H20FN3O2/c1-26-19(25)14-3-8-18-15(11-14)12-23-24(18)13-22-20(9-2-10-20)16-4-6-17(21)7-5-16/h3-8,11-12,22H,2,9-10,13H2,1H3. The lowest BCUT2D eigenvalue weighted by atomic mass is 9.72. The SMILES string of the molecule is COC(=O)c1ccc2c(cnn2CNC2(c3ccc(F)cc3)CCC2)c1. The van der Waals surface area contributed by atoms with Gasteiger partial charge in [-0.2, -0.15) is 5.10 Å². The van der Waals surface area contributed by atoms with E-state index in [0.717, 1.165) is 35.7 Å². The molecule has 1 aliphatic carbocycles. The van der Waals surface area contributed by atoms with E-state index in [4.69, 9.17) is 4.74 Å². The lowest BCUT2D eigenvalue weighted by molar-refractivity contribution is 0.0601. The highest BCUT2D eigenvalue weighted by Crippen LogP contribution is 2.41. The van der Waals surface area contributed by atoms with Gasteiger partial charge in [-0.05, 0) is 55.2 Å². The van der Waals surface area contributed by atoms with Crippen molar-refractivity contribution in [2.24, 2.45) is 0 Å². The third-order valence-corrected chi connectivity index (χ3v) is 5.23. The van der Waals surface area contributed by atoms with Crippen LogP contribution < -0.4 is 5.32 Å². The van der Waals surface area contributed by atoms with Crippen LogP contribution in [0.2, 0.25) is 0 Å². The Morgan fingerprint density at radius 3 is 2.69 bits per heavy atom. The molecule has 0 atom stereocenters. The molecule has 4 rings (SSSR count). The van der Waals surface area contributed by atoms with Crippen LogP contribution in [-0.4, -0.2) is 22.9 Å². The van der Waals surface area contributed by atoms with Crippen molar-refractivity contribution in [1.82, 2.24) is 15.1 Å².